The van der Waals surface area contributed by atoms with Gasteiger partial charge in [0.1, 0.15) is 18.1 Å². The van der Waals surface area contributed by atoms with Crippen molar-refractivity contribution in [1.82, 2.24) is 10.2 Å². The molecule has 3 rings (SSSR count). The summed E-state index contributed by atoms with van der Waals surface area (Å²) < 4.78 is 11.2. The number of rotatable bonds is 5. The van der Waals surface area contributed by atoms with Crippen LogP contribution in [0.2, 0.25) is 0 Å². The number of ether oxygens (including phenoxy) is 1. The predicted molar refractivity (Wildman–Crippen MR) is 88.3 cm³/mol. The van der Waals surface area contributed by atoms with Crippen molar-refractivity contribution in [2.45, 2.75) is 13.5 Å². The Hall–Kier alpha value is -2.60. The molecule has 1 aromatic heterocycles. The molecule has 0 aliphatic carbocycles. The van der Waals surface area contributed by atoms with E-state index in [1.165, 1.54) is 6.92 Å². The van der Waals surface area contributed by atoms with E-state index in [-0.39, 0.29) is 18.3 Å². The molecule has 1 fully saturated rings. The second kappa shape index (κ2) is 7.31. The molecule has 1 aliphatic heterocycles. The lowest BCUT2D eigenvalue weighted by Crippen LogP contribution is -2.46. The van der Waals surface area contributed by atoms with E-state index in [1.807, 2.05) is 0 Å². The number of nitrogens with zero attached hydrogens (tertiary/aromatic N) is 1. The fraction of sp³-hybridized carbons (Fsp3) is 0.333. The van der Waals surface area contributed by atoms with E-state index in [0.29, 0.717) is 35.9 Å². The molecule has 0 atom stereocenters. The van der Waals surface area contributed by atoms with Gasteiger partial charge in [-0.25, -0.2) is 0 Å². The van der Waals surface area contributed by atoms with Crippen molar-refractivity contribution < 1.29 is 18.7 Å². The number of piperazine rings is 1. The zero-order valence-corrected chi connectivity index (χ0v) is 13.6. The largest absolute Gasteiger partial charge is 0.486 e. The molecule has 2 aromatic rings. The third kappa shape index (κ3) is 3.83. The van der Waals surface area contributed by atoms with Crippen LogP contribution in [0.1, 0.15) is 33.6 Å². The molecule has 0 spiro atoms. The Morgan fingerprint density at radius 3 is 2.50 bits per heavy atom. The third-order valence-corrected chi connectivity index (χ3v) is 3.92. The van der Waals surface area contributed by atoms with Crippen LogP contribution in [-0.2, 0) is 6.61 Å². The van der Waals surface area contributed by atoms with Gasteiger partial charge in [0.2, 0.25) is 0 Å². The summed E-state index contributed by atoms with van der Waals surface area (Å²) >= 11 is 0. The molecule has 126 valence electrons. The molecular weight excluding hydrogens is 308 g/mol. The van der Waals surface area contributed by atoms with Crippen molar-refractivity contribution in [1.29, 1.82) is 0 Å². The minimum Gasteiger partial charge on any atom is -0.486 e. The highest BCUT2D eigenvalue weighted by Gasteiger charge is 2.20. The average molecular weight is 328 g/mol. The molecule has 1 saturated heterocycles. The lowest BCUT2D eigenvalue weighted by molar-refractivity contribution is 0.0699. The number of amides is 1. The monoisotopic (exact) mass is 328 g/mol. The van der Waals surface area contributed by atoms with Crippen LogP contribution in [0.15, 0.2) is 40.8 Å². The van der Waals surface area contributed by atoms with Gasteiger partial charge in [0.25, 0.3) is 5.91 Å². The zero-order chi connectivity index (χ0) is 16.9. The lowest BCUT2D eigenvalue weighted by Gasteiger charge is -2.26. The van der Waals surface area contributed by atoms with Gasteiger partial charge in [-0.15, -0.1) is 0 Å². The van der Waals surface area contributed by atoms with Crippen LogP contribution in [0.5, 0.6) is 5.75 Å². The molecule has 0 radical (unpaired) electrons. The topological polar surface area (TPSA) is 71.8 Å². The minimum atomic E-state index is -0.0893. The number of Topliss-reactive ketones (excluding diaryl/α,β-unsaturated/α-hetero) is 1. The molecule has 6 heteroatoms. The van der Waals surface area contributed by atoms with Gasteiger partial charge in [0.05, 0.1) is 0 Å². The fourth-order valence-corrected chi connectivity index (χ4v) is 2.53. The normalized spacial score (nSPS) is 14.5. The molecule has 1 amide bonds. The summed E-state index contributed by atoms with van der Waals surface area (Å²) in [6, 6.07) is 10.4. The molecule has 1 N–H and O–H groups in total. The molecule has 6 nitrogen and oxygen atoms in total. The Balaban J connectivity index is 1.57. The lowest BCUT2D eigenvalue weighted by atomic mass is 10.1. The predicted octanol–water partition coefficient (Wildman–Crippen LogP) is 2.11. The number of hydrogen-bond donors (Lipinski definition) is 1. The second-order valence-corrected chi connectivity index (χ2v) is 5.68. The van der Waals surface area contributed by atoms with Crippen molar-refractivity contribution >= 4 is 11.7 Å². The molecule has 1 aliphatic rings. The fourth-order valence-electron chi connectivity index (χ4n) is 2.53. The Kier molecular flexibility index (Phi) is 4.96. The molecule has 2 heterocycles. The number of hydrogen-bond acceptors (Lipinski definition) is 5. The van der Waals surface area contributed by atoms with Crippen LogP contribution in [0.25, 0.3) is 0 Å². The van der Waals surface area contributed by atoms with Crippen molar-refractivity contribution in [2.24, 2.45) is 0 Å². The molecule has 0 unspecified atom stereocenters. The quantitative estimate of drug-likeness (QED) is 0.851. The average Bonchev–Trinajstić information content (AvgIpc) is 3.09. The van der Waals surface area contributed by atoms with Crippen molar-refractivity contribution in [3.05, 3.63) is 53.5 Å². The highest BCUT2D eigenvalue weighted by molar-refractivity contribution is 5.94. The Labute approximate surface area is 140 Å². The van der Waals surface area contributed by atoms with Gasteiger partial charge in [-0.3, -0.25) is 9.59 Å². The number of carbonyl (C=O) groups is 2. The number of ketones is 1. The summed E-state index contributed by atoms with van der Waals surface area (Å²) in [6.07, 6.45) is 0. The van der Waals surface area contributed by atoms with E-state index >= 15 is 0 Å². The first-order valence-corrected chi connectivity index (χ1v) is 7.96. The van der Waals surface area contributed by atoms with Crippen LogP contribution < -0.4 is 10.1 Å². The van der Waals surface area contributed by atoms with Crippen molar-refractivity contribution in [3.63, 3.8) is 0 Å². The zero-order valence-electron chi connectivity index (χ0n) is 13.6. The van der Waals surface area contributed by atoms with Crippen LogP contribution >= 0.6 is 0 Å². The van der Waals surface area contributed by atoms with Gasteiger partial charge in [-0.05, 0) is 43.3 Å². The summed E-state index contributed by atoms with van der Waals surface area (Å²) in [5.74, 6) is 1.50. The van der Waals surface area contributed by atoms with E-state index in [1.54, 1.807) is 41.3 Å². The van der Waals surface area contributed by atoms with E-state index in [4.69, 9.17) is 9.15 Å². The highest BCUT2D eigenvalue weighted by Crippen LogP contribution is 2.17. The maximum atomic E-state index is 12.3. The van der Waals surface area contributed by atoms with E-state index in [9.17, 15) is 9.59 Å². The summed E-state index contributed by atoms with van der Waals surface area (Å²) in [6.45, 7) is 4.74. The van der Waals surface area contributed by atoms with E-state index < -0.39 is 0 Å². The highest BCUT2D eigenvalue weighted by atomic mass is 16.5. The summed E-state index contributed by atoms with van der Waals surface area (Å²) in [5, 5.41) is 3.21. The van der Waals surface area contributed by atoms with Gasteiger partial charge in [-0.1, -0.05) is 0 Å². The molecule has 0 bridgehead atoms. The summed E-state index contributed by atoms with van der Waals surface area (Å²) in [7, 11) is 0. The van der Waals surface area contributed by atoms with E-state index in [0.717, 1.165) is 13.1 Å². The van der Waals surface area contributed by atoms with Crippen molar-refractivity contribution in [2.75, 3.05) is 26.2 Å². The smallest absolute Gasteiger partial charge is 0.289 e. The van der Waals surface area contributed by atoms with E-state index in [2.05, 4.69) is 5.32 Å². The van der Waals surface area contributed by atoms with Crippen LogP contribution in [0, 0.1) is 0 Å². The standard InChI is InChI=1S/C18H20N2O4/c1-13(21)14-2-4-15(5-3-14)23-12-16-6-7-17(24-16)18(22)20-10-8-19-9-11-20/h2-7,19H,8-12H2,1H3. The van der Waals surface area contributed by atoms with Crippen LogP contribution in [0.4, 0.5) is 0 Å². The first-order valence-electron chi connectivity index (χ1n) is 7.96. The third-order valence-electron chi connectivity index (χ3n) is 3.92. The Bertz CT molecular complexity index is 715. The van der Waals surface area contributed by atoms with Crippen LogP contribution in [0.3, 0.4) is 0 Å². The first-order chi connectivity index (χ1) is 11.6. The van der Waals surface area contributed by atoms with Gasteiger partial charge in [0, 0.05) is 31.7 Å². The Morgan fingerprint density at radius 2 is 1.83 bits per heavy atom. The number of carbonyl (C=O) groups excluding carboxylic acids is 2. The SMILES string of the molecule is CC(=O)c1ccc(OCc2ccc(C(=O)N3CCNCC3)o2)cc1. The van der Waals surface area contributed by atoms with Crippen molar-refractivity contribution in [3.8, 4) is 5.75 Å². The second-order valence-electron chi connectivity index (χ2n) is 5.68. The molecule has 24 heavy (non-hydrogen) atoms. The molecule has 0 saturated carbocycles. The molecular formula is C18H20N2O4. The van der Waals surface area contributed by atoms with Gasteiger partial charge in [-0.2, -0.15) is 0 Å². The van der Waals surface area contributed by atoms with Crippen LogP contribution in [-0.4, -0.2) is 42.8 Å². The van der Waals surface area contributed by atoms with Gasteiger partial charge in [0.15, 0.2) is 11.5 Å². The minimum absolute atomic E-state index is 0.0173. The number of benzene rings is 1. The number of nitrogens with one attached hydrogen (secondary N) is 1. The maximum absolute atomic E-state index is 12.3. The number of furan rings is 1. The summed E-state index contributed by atoms with van der Waals surface area (Å²) in [5.41, 5.74) is 0.643. The van der Waals surface area contributed by atoms with Gasteiger partial charge >= 0.3 is 0 Å². The molecule has 1 aromatic carbocycles. The summed E-state index contributed by atoms with van der Waals surface area (Å²) in [4.78, 5) is 25.3. The Morgan fingerprint density at radius 1 is 1.12 bits per heavy atom. The van der Waals surface area contributed by atoms with Gasteiger partial charge < -0.3 is 19.4 Å². The maximum Gasteiger partial charge on any atom is 0.289 e. The first kappa shape index (κ1) is 16.3.